The Balaban J connectivity index is 2.48. The van der Waals surface area contributed by atoms with Gasteiger partial charge in [-0.2, -0.15) is 0 Å². The fourth-order valence-corrected chi connectivity index (χ4v) is 1.65. The van der Waals surface area contributed by atoms with E-state index in [0.717, 1.165) is 5.56 Å². The highest BCUT2D eigenvalue weighted by molar-refractivity contribution is 5.94. The minimum Gasteiger partial charge on any atom is -0.366 e. The Morgan fingerprint density at radius 3 is 2.28 bits per heavy atom. The summed E-state index contributed by atoms with van der Waals surface area (Å²) in [4.78, 5) is 21.3. The van der Waals surface area contributed by atoms with Gasteiger partial charge in [0.1, 0.15) is 0 Å². The molecule has 0 heterocycles. The second-order valence-corrected chi connectivity index (χ2v) is 3.75. The van der Waals surface area contributed by atoms with Crippen molar-refractivity contribution in [3.8, 4) is 11.1 Å². The Hall–Kier alpha value is -2.69. The van der Waals surface area contributed by atoms with Gasteiger partial charge in [0, 0.05) is 17.7 Å². The lowest BCUT2D eigenvalue weighted by Gasteiger charge is -2.03. The topological polar surface area (TPSA) is 86.2 Å². The number of benzene rings is 2. The molecule has 0 spiro atoms. The number of nitrogens with zero attached hydrogens (tertiary/aromatic N) is 1. The molecule has 90 valence electrons. The van der Waals surface area contributed by atoms with Crippen LogP contribution >= 0.6 is 0 Å². The molecular formula is C13H10N2O3. The van der Waals surface area contributed by atoms with E-state index in [1.165, 1.54) is 12.1 Å². The number of nitro groups is 1. The summed E-state index contributed by atoms with van der Waals surface area (Å²) >= 11 is 0. The molecule has 1 amide bonds. The largest absolute Gasteiger partial charge is 0.366 e. The SMILES string of the molecule is NC(=O)c1cccc(-c2cccc([N+](=O)[O-])c2)c1. The summed E-state index contributed by atoms with van der Waals surface area (Å²) < 4.78 is 0. The maximum Gasteiger partial charge on any atom is 0.270 e. The van der Waals surface area contributed by atoms with Gasteiger partial charge in [-0.1, -0.05) is 24.3 Å². The molecule has 2 aromatic carbocycles. The zero-order valence-corrected chi connectivity index (χ0v) is 9.37. The van der Waals surface area contributed by atoms with Gasteiger partial charge in [-0.15, -0.1) is 0 Å². The summed E-state index contributed by atoms with van der Waals surface area (Å²) in [6.07, 6.45) is 0. The maximum atomic E-state index is 11.1. The zero-order valence-electron chi connectivity index (χ0n) is 9.37. The number of primary amides is 1. The smallest absolute Gasteiger partial charge is 0.270 e. The minimum atomic E-state index is -0.526. The van der Waals surface area contributed by atoms with Crippen LogP contribution in [0.3, 0.4) is 0 Å². The first kappa shape index (κ1) is 11.8. The van der Waals surface area contributed by atoms with E-state index in [4.69, 9.17) is 5.73 Å². The predicted molar refractivity (Wildman–Crippen MR) is 67.1 cm³/mol. The molecule has 5 heteroatoms. The van der Waals surface area contributed by atoms with Crippen LogP contribution in [0.15, 0.2) is 48.5 Å². The van der Waals surface area contributed by atoms with Crippen LogP contribution in [0, 0.1) is 10.1 Å². The molecule has 0 aliphatic rings. The molecule has 5 nitrogen and oxygen atoms in total. The molecule has 0 saturated carbocycles. The molecule has 0 fully saturated rings. The minimum absolute atomic E-state index is 0.0111. The summed E-state index contributed by atoms with van der Waals surface area (Å²) in [5.41, 5.74) is 6.97. The first-order chi connectivity index (χ1) is 8.58. The van der Waals surface area contributed by atoms with Crippen LogP contribution in [-0.4, -0.2) is 10.8 Å². The molecule has 0 bridgehead atoms. The number of nitrogens with two attached hydrogens (primary N) is 1. The van der Waals surface area contributed by atoms with Crippen LogP contribution in [0.2, 0.25) is 0 Å². The molecule has 0 saturated heterocycles. The molecule has 0 unspecified atom stereocenters. The van der Waals surface area contributed by atoms with Crippen LogP contribution < -0.4 is 5.73 Å². The number of carbonyl (C=O) groups excluding carboxylic acids is 1. The Labute approximate surface area is 103 Å². The molecule has 2 N–H and O–H groups in total. The average Bonchev–Trinajstić information content (AvgIpc) is 2.39. The van der Waals surface area contributed by atoms with Crippen molar-refractivity contribution in [2.45, 2.75) is 0 Å². The lowest BCUT2D eigenvalue weighted by atomic mass is 10.0. The van der Waals surface area contributed by atoms with Gasteiger partial charge in [0.15, 0.2) is 0 Å². The fraction of sp³-hybridized carbons (Fsp3) is 0. The van der Waals surface area contributed by atoms with Crippen molar-refractivity contribution in [2.75, 3.05) is 0 Å². The molecule has 2 aromatic rings. The Bertz CT molecular complexity index is 568. The van der Waals surface area contributed by atoms with Crippen molar-refractivity contribution >= 4 is 11.6 Å². The average molecular weight is 242 g/mol. The number of hydrogen-bond acceptors (Lipinski definition) is 3. The van der Waals surface area contributed by atoms with E-state index in [0.29, 0.717) is 11.1 Å². The Morgan fingerprint density at radius 2 is 1.67 bits per heavy atom. The number of hydrogen-bond donors (Lipinski definition) is 1. The summed E-state index contributed by atoms with van der Waals surface area (Å²) in [7, 11) is 0. The van der Waals surface area contributed by atoms with E-state index < -0.39 is 10.8 Å². The van der Waals surface area contributed by atoms with Crippen LogP contribution in [0.5, 0.6) is 0 Å². The second kappa shape index (κ2) is 4.67. The fourth-order valence-electron chi connectivity index (χ4n) is 1.65. The Morgan fingerprint density at radius 1 is 1.06 bits per heavy atom. The predicted octanol–water partition coefficient (Wildman–Crippen LogP) is 2.36. The van der Waals surface area contributed by atoms with Crippen LogP contribution in [0.25, 0.3) is 11.1 Å². The van der Waals surface area contributed by atoms with Gasteiger partial charge in [-0.05, 0) is 23.3 Å². The zero-order chi connectivity index (χ0) is 13.1. The summed E-state index contributed by atoms with van der Waals surface area (Å²) in [6.45, 7) is 0. The molecule has 0 atom stereocenters. The van der Waals surface area contributed by atoms with Gasteiger partial charge < -0.3 is 5.73 Å². The highest BCUT2D eigenvalue weighted by atomic mass is 16.6. The van der Waals surface area contributed by atoms with E-state index in [1.807, 2.05) is 0 Å². The van der Waals surface area contributed by atoms with Crippen molar-refractivity contribution in [1.82, 2.24) is 0 Å². The number of nitro benzene ring substituents is 1. The van der Waals surface area contributed by atoms with Crippen molar-refractivity contribution < 1.29 is 9.72 Å². The molecule has 0 aliphatic carbocycles. The number of carbonyl (C=O) groups is 1. The molecular weight excluding hydrogens is 232 g/mol. The van der Waals surface area contributed by atoms with E-state index in [-0.39, 0.29) is 5.69 Å². The highest BCUT2D eigenvalue weighted by Crippen LogP contribution is 2.24. The molecule has 18 heavy (non-hydrogen) atoms. The third-order valence-electron chi connectivity index (χ3n) is 2.54. The summed E-state index contributed by atoms with van der Waals surface area (Å²) in [5.74, 6) is -0.526. The van der Waals surface area contributed by atoms with E-state index in [2.05, 4.69) is 0 Å². The third kappa shape index (κ3) is 2.35. The maximum absolute atomic E-state index is 11.1. The van der Waals surface area contributed by atoms with Crippen LogP contribution in [0.4, 0.5) is 5.69 Å². The summed E-state index contributed by atoms with van der Waals surface area (Å²) in [5, 5.41) is 10.7. The van der Waals surface area contributed by atoms with Crippen molar-refractivity contribution in [1.29, 1.82) is 0 Å². The normalized spacial score (nSPS) is 10.0. The first-order valence-corrected chi connectivity index (χ1v) is 5.22. The Kier molecular flexibility index (Phi) is 3.05. The molecule has 0 aliphatic heterocycles. The van der Waals surface area contributed by atoms with Crippen molar-refractivity contribution in [3.63, 3.8) is 0 Å². The third-order valence-corrected chi connectivity index (χ3v) is 2.54. The van der Waals surface area contributed by atoms with Crippen molar-refractivity contribution in [3.05, 3.63) is 64.2 Å². The monoisotopic (exact) mass is 242 g/mol. The van der Waals surface area contributed by atoms with Gasteiger partial charge in [-0.25, -0.2) is 0 Å². The van der Waals surface area contributed by atoms with Gasteiger partial charge in [0.25, 0.3) is 5.69 Å². The summed E-state index contributed by atoms with van der Waals surface area (Å²) in [6, 6.07) is 12.9. The van der Waals surface area contributed by atoms with Gasteiger partial charge >= 0.3 is 0 Å². The number of rotatable bonds is 3. The lowest BCUT2D eigenvalue weighted by Crippen LogP contribution is -2.10. The van der Waals surface area contributed by atoms with E-state index in [9.17, 15) is 14.9 Å². The quantitative estimate of drug-likeness (QED) is 0.662. The van der Waals surface area contributed by atoms with Gasteiger partial charge in [-0.3, -0.25) is 14.9 Å². The molecule has 0 radical (unpaired) electrons. The molecule has 2 rings (SSSR count). The number of amides is 1. The molecule has 0 aromatic heterocycles. The lowest BCUT2D eigenvalue weighted by molar-refractivity contribution is -0.384. The van der Waals surface area contributed by atoms with Gasteiger partial charge in [0.05, 0.1) is 4.92 Å². The standard InChI is InChI=1S/C13H10N2O3/c14-13(16)11-5-1-3-9(7-11)10-4-2-6-12(8-10)15(17)18/h1-8H,(H2,14,16). The van der Waals surface area contributed by atoms with Crippen LogP contribution in [0.1, 0.15) is 10.4 Å². The van der Waals surface area contributed by atoms with Gasteiger partial charge in [0.2, 0.25) is 5.91 Å². The number of non-ortho nitro benzene ring substituents is 1. The highest BCUT2D eigenvalue weighted by Gasteiger charge is 2.08. The van der Waals surface area contributed by atoms with E-state index >= 15 is 0 Å². The second-order valence-electron chi connectivity index (χ2n) is 3.75. The van der Waals surface area contributed by atoms with Crippen molar-refractivity contribution in [2.24, 2.45) is 5.73 Å². The first-order valence-electron chi connectivity index (χ1n) is 5.22. The van der Waals surface area contributed by atoms with Crippen LogP contribution in [-0.2, 0) is 0 Å². The van der Waals surface area contributed by atoms with E-state index in [1.54, 1.807) is 36.4 Å².